The van der Waals surface area contributed by atoms with Crippen molar-refractivity contribution in [1.82, 2.24) is 10.3 Å². The monoisotopic (exact) mass is 284 g/mol. The van der Waals surface area contributed by atoms with Crippen LogP contribution in [0.3, 0.4) is 0 Å². The van der Waals surface area contributed by atoms with Crippen LogP contribution in [-0.2, 0) is 4.79 Å². The van der Waals surface area contributed by atoms with Crippen molar-refractivity contribution >= 4 is 23.2 Å². The van der Waals surface area contributed by atoms with Crippen LogP contribution in [0.5, 0.6) is 0 Å². The maximum Gasteiger partial charge on any atom is 0.305 e. The van der Waals surface area contributed by atoms with E-state index in [4.69, 9.17) is 5.11 Å². The van der Waals surface area contributed by atoms with Crippen LogP contribution >= 0.6 is 11.3 Å². The fourth-order valence-corrected chi connectivity index (χ4v) is 2.41. The third-order valence-corrected chi connectivity index (χ3v) is 3.68. The molecule has 0 unspecified atom stereocenters. The summed E-state index contributed by atoms with van der Waals surface area (Å²) in [6, 6.07) is -0.378. The van der Waals surface area contributed by atoms with Gasteiger partial charge in [0.1, 0.15) is 0 Å². The molecular weight excluding hydrogens is 264 g/mol. The fourth-order valence-electron chi connectivity index (χ4n) is 1.53. The molecule has 6 heteroatoms. The molecule has 0 radical (unpaired) electrons. The van der Waals surface area contributed by atoms with E-state index in [1.807, 2.05) is 33.1 Å². The van der Waals surface area contributed by atoms with Crippen LogP contribution < -0.4 is 5.32 Å². The predicted octanol–water partition coefficient (Wildman–Crippen LogP) is 2.50. The Bertz CT molecular complexity index is 454. The number of rotatable bonds is 6. The molecule has 0 aliphatic carbocycles. The molecule has 0 spiro atoms. The Morgan fingerprint density at radius 1 is 1.37 bits per heavy atom. The number of aromatic nitrogens is 1. The van der Waals surface area contributed by atoms with Gasteiger partial charge in [-0.05, 0) is 11.8 Å². The third-order valence-electron chi connectivity index (χ3n) is 2.82. The first kappa shape index (κ1) is 15.6. The largest absolute Gasteiger partial charge is 0.481 e. The number of thiazole rings is 1. The van der Waals surface area contributed by atoms with E-state index >= 15 is 0 Å². The van der Waals surface area contributed by atoms with Gasteiger partial charge in [-0.15, -0.1) is 11.3 Å². The minimum atomic E-state index is -0.916. The van der Waals surface area contributed by atoms with Gasteiger partial charge in [0.05, 0.1) is 12.1 Å². The fraction of sp³-hybridized carbons (Fsp3) is 0.615. The van der Waals surface area contributed by atoms with E-state index in [-0.39, 0.29) is 30.2 Å². The number of carboxylic acid groups (broad SMARTS) is 1. The Kier molecular flexibility index (Phi) is 5.47. The van der Waals surface area contributed by atoms with Gasteiger partial charge in [-0.3, -0.25) is 9.59 Å². The first-order chi connectivity index (χ1) is 8.81. The van der Waals surface area contributed by atoms with Crippen molar-refractivity contribution in [1.29, 1.82) is 0 Å². The van der Waals surface area contributed by atoms with Crippen molar-refractivity contribution in [3.8, 4) is 0 Å². The summed E-state index contributed by atoms with van der Waals surface area (Å²) in [5, 5.41) is 13.8. The van der Waals surface area contributed by atoms with Crippen LogP contribution in [0.2, 0.25) is 0 Å². The molecule has 1 amide bonds. The van der Waals surface area contributed by atoms with Crippen molar-refractivity contribution in [2.45, 2.75) is 46.1 Å². The van der Waals surface area contributed by atoms with Gasteiger partial charge in [0.15, 0.2) is 5.01 Å². The normalized spacial score (nSPS) is 12.7. The zero-order chi connectivity index (χ0) is 14.6. The summed E-state index contributed by atoms with van der Waals surface area (Å²) in [6.45, 7) is 7.79. The maximum atomic E-state index is 12.0. The lowest BCUT2D eigenvalue weighted by Gasteiger charge is -2.19. The van der Waals surface area contributed by atoms with Crippen LogP contribution in [0.1, 0.15) is 55.5 Å². The summed E-state index contributed by atoms with van der Waals surface area (Å²) >= 11 is 1.29. The van der Waals surface area contributed by atoms with E-state index in [0.717, 1.165) is 5.69 Å². The van der Waals surface area contributed by atoms with E-state index in [9.17, 15) is 9.59 Å². The van der Waals surface area contributed by atoms with Crippen LogP contribution in [0.15, 0.2) is 5.38 Å². The minimum Gasteiger partial charge on any atom is -0.481 e. The molecule has 0 saturated heterocycles. The van der Waals surface area contributed by atoms with Gasteiger partial charge in [0, 0.05) is 11.4 Å². The van der Waals surface area contributed by atoms with E-state index in [1.54, 1.807) is 0 Å². The molecule has 0 fully saturated rings. The summed E-state index contributed by atoms with van der Waals surface area (Å²) in [6.07, 6.45) is -0.0776. The highest BCUT2D eigenvalue weighted by atomic mass is 32.1. The highest BCUT2D eigenvalue weighted by Gasteiger charge is 2.21. The number of hydrogen-bond donors (Lipinski definition) is 2. The Balaban J connectivity index is 2.73. The number of aliphatic carboxylic acids is 1. The van der Waals surface area contributed by atoms with Gasteiger partial charge in [-0.2, -0.15) is 0 Å². The molecule has 0 bridgehead atoms. The quantitative estimate of drug-likeness (QED) is 0.841. The topological polar surface area (TPSA) is 79.3 Å². The summed E-state index contributed by atoms with van der Waals surface area (Å²) < 4.78 is 0. The molecule has 2 N–H and O–H groups in total. The molecule has 1 atom stereocenters. The van der Waals surface area contributed by atoms with Crippen molar-refractivity contribution < 1.29 is 14.7 Å². The van der Waals surface area contributed by atoms with Gasteiger partial charge in [0.25, 0.3) is 5.91 Å². The van der Waals surface area contributed by atoms with E-state index in [1.165, 1.54) is 11.3 Å². The van der Waals surface area contributed by atoms with Crippen molar-refractivity contribution in [3.63, 3.8) is 0 Å². The van der Waals surface area contributed by atoms with Crippen LogP contribution in [0.25, 0.3) is 0 Å². The van der Waals surface area contributed by atoms with Gasteiger partial charge in [0.2, 0.25) is 0 Å². The number of amides is 1. The molecule has 5 nitrogen and oxygen atoms in total. The second-order valence-electron chi connectivity index (χ2n) is 5.15. The number of nitrogens with zero attached hydrogens (tertiary/aromatic N) is 1. The number of carbonyl (C=O) groups is 2. The Morgan fingerprint density at radius 3 is 2.42 bits per heavy atom. The maximum absolute atomic E-state index is 12.0. The molecule has 106 valence electrons. The second-order valence-corrected chi connectivity index (χ2v) is 6.01. The average molecular weight is 284 g/mol. The molecule has 0 aliphatic rings. The summed E-state index contributed by atoms with van der Waals surface area (Å²) in [7, 11) is 0. The standard InChI is InChI=1S/C13H20N2O3S/c1-7(2)9(5-11(16)17)14-12(18)13-15-10(6-19-13)8(3)4/h6-9H,5H2,1-4H3,(H,14,18)(H,16,17)/t9-/m1/s1. The highest BCUT2D eigenvalue weighted by Crippen LogP contribution is 2.18. The second kappa shape index (κ2) is 6.65. The Hall–Kier alpha value is -1.43. The third kappa shape index (κ3) is 4.63. The van der Waals surface area contributed by atoms with Crippen molar-refractivity contribution in [3.05, 3.63) is 16.1 Å². The Morgan fingerprint density at radius 2 is 2.00 bits per heavy atom. The van der Waals surface area contributed by atoms with E-state index < -0.39 is 5.97 Å². The summed E-state index contributed by atoms with van der Waals surface area (Å²) in [5.74, 6) is -0.875. The van der Waals surface area contributed by atoms with Gasteiger partial charge >= 0.3 is 5.97 Å². The smallest absolute Gasteiger partial charge is 0.305 e. The number of carbonyl (C=O) groups excluding carboxylic acids is 1. The number of carboxylic acids is 1. The predicted molar refractivity (Wildman–Crippen MR) is 74.5 cm³/mol. The number of hydrogen-bond acceptors (Lipinski definition) is 4. The van der Waals surface area contributed by atoms with Gasteiger partial charge < -0.3 is 10.4 Å². The molecule has 0 aromatic carbocycles. The lowest BCUT2D eigenvalue weighted by atomic mass is 10.0. The zero-order valence-corrected chi connectivity index (χ0v) is 12.5. The van der Waals surface area contributed by atoms with Crippen LogP contribution in [0.4, 0.5) is 0 Å². The molecule has 0 saturated carbocycles. The molecule has 19 heavy (non-hydrogen) atoms. The van der Waals surface area contributed by atoms with Crippen molar-refractivity contribution in [2.75, 3.05) is 0 Å². The number of nitrogens with one attached hydrogen (secondary N) is 1. The molecule has 1 aromatic heterocycles. The summed E-state index contributed by atoms with van der Waals surface area (Å²) in [4.78, 5) is 27.0. The van der Waals surface area contributed by atoms with E-state index in [2.05, 4.69) is 10.3 Å². The first-order valence-electron chi connectivity index (χ1n) is 6.29. The minimum absolute atomic E-state index is 0.0598. The van der Waals surface area contributed by atoms with Gasteiger partial charge in [-0.25, -0.2) is 4.98 Å². The highest BCUT2D eigenvalue weighted by molar-refractivity contribution is 7.11. The SMILES string of the molecule is CC(C)c1csc(C(=O)N[C@H](CC(=O)O)C(C)C)n1. The van der Waals surface area contributed by atoms with Gasteiger partial charge in [-0.1, -0.05) is 27.7 Å². The van der Waals surface area contributed by atoms with Crippen LogP contribution in [0, 0.1) is 5.92 Å². The average Bonchev–Trinajstić information content (AvgIpc) is 2.76. The first-order valence-corrected chi connectivity index (χ1v) is 7.17. The van der Waals surface area contributed by atoms with E-state index in [0.29, 0.717) is 5.01 Å². The molecule has 1 aromatic rings. The van der Waals surface area contributed by atoms with Crippen LogP contribution in [-0.4, -0.2) is 28.0 Å². The lowest BCUT2D eigenvalue weighted by Crippen LogP contribution is -2.40. The molecule has 0 aliphatic heterocycles. The molecule has 1 heterocycles. The zero-order valence-electron chi connectivity index (χ0n) is 11.6. The lowest BCUT2D eigenvalue weighted by molar-refractivity contribution is -0.137. The summed E-state index contributed by atoms with van der Waals surface area (Å²) in [5.41, 5.74) is 0.884. The molecular formula is C13H20N2O3S. The van der Waals surface area contributed by atoms with Crippen molar-refractivity contribution in [2.24, 2.45) is 5.92 Å². The Labute approximate surface area is 117 Å². The molecule has 1 rings (SSSR count).